The van der Waals surface area contributed by atoms with Gasteiger partial charge in [-0.05, 0) is 49.5 Å². The number of cyclic esters (lactones) is 1. The molecule has 0 saturated heterocycles. The number of carboxylic acids is 1. The summed E-state index contributed by atoms with van der Waals surface area (Å²) in [6, 6.07) is 0. The van der Waals surface area contributed by atoms with Crippen molar-refractivity contribution in [1.82, 2.24) is 0 Å². The fraction of sp³-hybridized carbons (Fsp3) is 0.333. The molecule has 0 spiro atoms. The Morgan fingerprint density at radius 3 is 2.75 bits per heavy atom. The van der Waals surface area contributed by atoms with Crippen molar-refractivity contribution in [3.05, 3.63) is 45.8 Å². The van der Waals surface area contributed by atoms with Crippen LogP contribution in [0.3, 0.4) is 0 Å². The number of esters is 1. The zero-order valence-electron chi connectivity index (χ0n) is 13.7. The molecule has 0 aromatic heterocycles. The first-order chi connectivity index (χ1) is 11.4. The molecule has 0 fully saturated rings. The number of hydrogen-bond donors (Lipinski definition) is 2. The van der Waals surface area contributed by atoms with Gasteiger partial charge in [-0.15, -0.1) is 0 Å². The van der Waals surface area contributed by atoms with Gasteiger partial charge in [0, 0.05) is 12.0 Å². The normalized spacial score (nSPS) is 14.1. The molecule has 0 unspecified atom stereocenters. The number of aliphatic carboxylic acids is 1. The maximum Gasteiger partial charge on any atom is 0.341 e. The molecule has 0 radical (unpaired) electrons. The zero-order chi connectivity index (χ0) is 17.9. The van der Waals surface area contributed by atoms with Gasteiger partial charge in [-0.2, -0.15) is 0 Å². The van der Waals surface area contributed by atoms with E-state index >= 15 is 0 Å². The quantitative estimate of drug-likeness (QED) is 0.472. The number of hydrogen-bond acceptors (Lipinski definition) is 4. The molecule has 1 heterocycles. The van der Waals surface area contributed by atoms with Crippen LogP contribution in [0.15, 0.2) is 18.0 Å². The summed E-state index contributed by atoms with van der Waals surface area (Å²) in [6.45, 7) is 3.78. The van der Waals surface area contributed by atoms with Gasteiger partial charge in [0.05, 0.1) is 17.6 Å². The lowest BCUT2D eigenvalue weighted by Gasteiger charge is -2.15. The molecule has 1 aromatic rings. The smallest absolute Gasteiger partial charge is 0.341 e. The lowest BCUT2D eigenvalue weighted by Crippen LogP contribution is -2.08. The van der Waals surface area contributed by atoms with Crippen LogP contribution >= 0.6 is 0 Å². The molecule has 5 nitrogen and oxygen atoms in total. The van der Waals surface area contributed by atoms with Gasteiger partial charge in [0.15, 0.2) is 0 Å². The number of benzene rings is 1. The Bertz CT molecular complexity index is 750. The van der Waals surface area contributed by atoms with Gasteiger partial charge in [0.25, 0.3) is 0 Å². The van der Waals surface area contributed by atoms with E-state index < -0.39 is 11.9 Å². The average Bonchev–Trinajstić information content (AvgIpc) is 2.92. The third-order valence-corrected chi connectivity index (χ3v) is 4.25. The number of carbonyl (C=O) groups excluding carboxylic acids is 1. The molecule has 2 rings (SSSR count). The van der Waals surface area contributed by atoms with Gasteiger partial charge >= 0.3 is 11.9 Å². The molecule has 128 valence electrons. The standard InChI is InChI=1S/C18H20FNO4/c1-10(4-6-15(21)22)3-5-13-12(7-8-19)11(2)14-9-24-18(23)16(14)17(13)20/h3,7-8H,4-6,9,20H2,1-2H3,(H,21,22)/b8-7?,10-3+. The molecule has 0 atom stereocenters. The van der Waals surface area contributed by atoms with Crippen LogP contribution in [0.5, 0.6) is 0 Å². The number of rotatable bonds is 6. The minimum atomic E-state index is -0.862. The van der Waals surface area contributed by atoms with Crippen LogP contribution in [0.4, 0.5) is 10.1 Å². The summed E-state index contributed by atoms with van der Waals surface area (Å²) in [5.74, 6) is -1.33. The highest BCUT2D eigenvalue weighted by Crippen LogP contribution is 2.36. The fourth-order valence-corrected chi connectivity index (χ4v) is 2.85. The Balaban J connectivity index is 2.43. The summed E-state index contributed by atoms with van der Waals surface area (Å²) < 4.78 is 17.9. The van der Waals surface area contributed by atoms with E-state index in [1.54, 1.807) is 6.92 Å². The van der Waals surface area contributed by atoms with E-state index in [2.05, 4.69) is 0 Å². The molecule has 0 amide bonds. The van der Waals surface area contributed by atoms with Crippen LogP contribution in [0.25, 0.3) is 6.08 Å². The molecular formula is C18H20FNO4. The van der Waals surface area contributed by atoms with Gasteiger partial charge in [0.2, 0.25) is 0 Å². The van der Waals surface area contributed by atoms with Crippen molar-refractivity contribution in [2.45, 2.75) is 39.7 Å². The third kappa shape index (κ3) is 3.48. The van der Waals surface area contributed by atoms with Crippen LogP contribution in [0, 0.1) is 6.92 Å². The van der Waals surface area contributed by atoms with Gasteiger partial charge in [-0.25, -0.2) is 9.18 Å². The number of carboxylic acid groups (broad SMARTS) is 1. The molecule has 0 aliphatic carbocycles. The van der Waals surface area contributed by atoms with Crippen molar-refractivity contribution < 1.29 is 23.8 Å². The number of nitrogen functional groups attached to an aromatic ring is 1. The Labute approximate surface area is 139 Å². The first-order valence-corrected chi connectivity index (χ1v) is 7.61. The zero-order valence-corrected chi connectivity index (χ0v) is 13.7. The first kappa shape index (κ1) is 17.7. The summed E-state index contributed by atoms with van der Waals surface area (Å²) >= 11 is 0. The van der Waals surface area contributed by atoms with Crippen LogP contribution in [-0.2, 0) is 22.6 Å². The third-order valence-electron chi connectivity index (χ3n) is 4.25. The van der Waals surface area contributed by atoms with Crippen molar-refractivity contribution in [1.29, 1.82) is 0 Å². The number of allylic oxidation sites excluding steroid dienone is 2. The second-order valence-electron chi connectivity index (χ2n) is 5.80. The second kappa shape index (κ2) is 7.29. The topological polar surface area (TPSA) is 89.6 Å². The highest BCUT2D eigenvalue weighted by atomic mass is 19.1. The fourth-order valence-electron chi connectivity index (χ4n) is 2.85. The minimum Gasteiger partial charge on any atom is -0.481 e. The second-order valence-corrected chi connectivity index (χ2v) is 5.80. The summed E-state index contributed by atoms with van der Waals surface area (Å²) in [4.78, 5) is 22.5. The van der Waals surface area contributed by atoms with E-state index in [9.17, 15) is 14.0 Å². The molecule has 1 aromatic carbocycles. The number of halogens is 1. The molecule has 6 heteroatoms. The minimum absolute atomic E-state index is 0.0462. The van der Waals surface area contributed by atoms with Crippen LogP contribution < -0.4 is 5.73 Å². The van der Waals surface area contributed by atoms with Crippen LogP contribution in [0.1, 0.15) is 52.4 Å². The summed E-state index contributed by atoms with van der Waals surface area (Å²) in [6.07, 6.45) is 4.48. The van der Waals surface area contributed by atoms with Crippen molar-refractivity contribution in [2.75, 3.05) is 5.73 Å². The van der Waals surface area contributed by atoms with Crippen molar-refractivity contribution in [3.8, 4) is 0 Å². The number of anilines is 1. The molecular weight excluding hydrogens is 313 g/mol. The monoisotopic (exact) mass is 333 g/mol. The van der Waals surface area contributed by atoms with Crippen LogP contribution in [0.2, 0.25) is 0 Å². The summed E-state index contributed by atoms with van der Waals surface area (Å²) in [5, 5.41) is 8.73. The number of carbonyl (C=O) groups is 2. The lowest BCUT2D eigenvalue weighted by atomic mass is 9.89. The molecule has 1 aliphatic heterocycles. The molecule has 0 bridgehead atoms. The van der Waals surface area contributed by atoms with E-state index in [-0.39, 0.29) is 13.0 Å². The Kier molecular flexibility index (Phi) is 5.39. The van der Waals surface area contributed by atoms with Gasteiger partial charge in [-0.3, -0.25) is 4.79 Å². The average molecular weight is 333 g/mol. The van der Waals surface area contributed by atoms with E-state index in [0.717, 1.165) is 11.1 Å². The molecule has 24 heavy (non-hydrogen) atoms. The van der Waals surface area contributed by atoms with Crippen molar-refractivity contribution in [2.24, 2.45) is 0 Å². The highest BCUT2D eigenvalue weighted by molar-refractivity contribution is 6.01. The largest absolute Gasteiger partial charge is 0.481 e. The SMILES string of the molecule is C/C(=C\Cc1c(N)c2c(c(C)c1C=CF)COC2=O)CCC(=O)O. The number of ether oxygens (including phenoxy) is 1. The van der Waals surface area contributed by atoms with Crippen LogP contribution in [-0.4, -0.2) is 17.0 Å². The van der Waals surface area contributed by atoms with Crippen molar-refractivity contribution in [3.63, 3.8) is 0 Å². The number of nitrogens with two attached hydrogens (primary N) is 1. The van der Waals surface area contributed by atoms with E-state index in [1.165, 1.54) is 6.08 Å². The first-order valence-electron chi connectivity index (χ1n) is 7.61. The van der Waals surface area contributed by atoms with Crippen molar-refractivity contribution >= 4 is 23.7 Å². The maximum absolute atomic E-state index is 12.8. The van der Waals surface area contributed by atoms with E-state index in [4.69, 9.17) is 15.6 Å². The highest BCUT2D eigenvalue weighted by Gasteiger charge is 2.29. The molecule has 0 saturated carbocycles. The number of fused-ring (bicyclic) bond motifs is 1. The Morgan fingerprint density at radius 1 is 1.42 bits per heavy atom. The van der Waals surface area contributed by atoms with E-state index in [0.29, 0.717) is 47.1 Å². The predicted octanol–water partition coefficient (Wildman–Crippen LogP) is 3.54. The Morgan fingerprint density at radius 2 is 2.12 bits per heavy atom. The van der Waals surface area contributed by atoms with Gasteiger partial charge < -0.3 is 15.6 Å². The summed E-state index contributed by atoms with van der Waals surface area (Å²) in [7, 11) is 0. The van der Waals surface area contributed by atoms with E-state index in [1.807, 2.05) is 13.0 Å². The molecule has 1 aliphatic rings. The maximum atomic E-state index is 12.8. The molecule has 3 N–H and O–H groups in total. The predicted molar refractivity (Wildman–Crippen MR) is 89.2 cm³/mol. The Hall–Kier alpha value is -2.63. The van der Waals surface area contributed by atoms with Gasteiger partial charge in [-0.1, -0.05) is 11.6 Å². The summed E-state index contributed by atoms with van der Waals surface area (Å²) in [5.41, 5.74) is 10.4. The lowest BCUT2D eigenvalue weighted by molar-refractivity contribution is -0.136. The van der Waals surface area contributed by atoms with Gasteiger partial charge in [0.1, 0.15) is 6.61 Å².